The second kappa shape index (κ2) is 6.24. The molecular formula is C20H23N3O2. The van der Waals surface area contributed by atoms with Gasteiger partial charge in [-0.25, -0.2) is 0 Å². The van der Waals surface area contributed by atoms with Crippen LogP contribution >= 0.6 is 0 Å². The van der Waals surface area contributed by atoms with Crippen molar-refractivity contribution < 1.29 is 9.53 Å². The van der Waals surface area contributed by atoms with Gasteiger partial charge in [-0.05, 0) is 29.5 Å². The lowest BCUT2D eigenvalue weighted by Crippen LogP contribution is -2.29. The first-order valence-electron chi connectivity index (χ1n) is 8.69. The first-order valence-corrected chi connectivity index (χ1v) is 8.69. The van der Waals surface area contributed by atoms with Gasteiger partial charge in [-0.2, -0.15) is 0 Å². The summed E-state index contributed by atoms with van der Waals surface area (Å²) in [4.78, 5) is 18.0. The van der Waals surface area contributed by atoms with Crippen LogP contribution in [0.3, 0.4) is 0 Å². The molecule has 1 aliphatic carbocycles. The SMILES string of the molecule is COCCN1C[C@@H]2C[C@]2(c2ccc(-c3cncc(C(N)=O)c3)cc2)C1. The second-order valence-electron chi connectivity index (χ2n) is 7.19. The number of carbonyl (C=O) groups is 1. The minimum absolute atomic E-state index is 0.333. The van der Waals surface area contributed by atoms with Crippen LogP contribution in [0.15, 0.2) is 42.7 Å². The highest BCUT2D eigenvalue weighted by molar-refractivity contribution is 5.93. The van der Waals surface area contributed by atoms with E-state index in [1.54, 1.807) is 19.4 Å². The van der Waals surface area contributed by atoms with Crippen LogP contribution in [-0.4, -0.2) is 49.1 Å². The molecule has 0 bridgehead atoms. The number of benzene rings is 1. The number of aromatic nitrogens is 1. The highest BCUT2D eigenvalue weighted by Crippen LogP contribution is 2.58. The van der Waals surface area contributed by atoms with Gasteiger partial charge in [0.05, 0.1) is 12.2 Å². The third-order valence-electron chi connectivity index (χ3n) is 5.64. The number of methoxy groups -OCH3 is 1. The van der Waals surface area contributed by atoms with Crippen molar-refractivity contribution in [2.24, 2.45) is 11.7 Å². The fourth-order valence-electron chi connectivity index (χ4n) is 4.15. The molecule has 1 aromatic carbocycles. The number of pyridine rings is 1. The van der Waals surface area contributed by atoms with Crippen LogP contribution < -0.4 is 5.73 Å². The highest BCUT2D eigenvalue weighted by atomic mass is 16.5. The van der Waals surface area contributed by atoms with E-state index in [4.69, 9.17) is 10.5 Å². The molecular weight excluding hydrogens is 314 g/mol. The number of fused-ring (bicyclic) bond motifs is 1. The molecule has 2 heterocycles. The van der Waals surface area contributed by atoms with Crippen LogP contribution in [0.5, 0.6) is 0 Å². The fraction of sp³-hybridized carbons (Fsp3) is 0.400. The number of rotatable bonds is 6. The van der Waals surface area contributed by atoms with E-state index in [1.165, 1.54) is 24.7 Å². The Morgan fingerprint density at radius 1 is 1.32 bits per heavy atom. The topological polar surface area (TPSA) is 68.4 Å². The maximum absolute atomic E-state index is 11.3. The molecule has 1 amide bonds. The molecule has 5 heteroatoms. The van der Waals surface area contributed by atoms with Crippen molar-refractivity contribution in [3.05, 3.63) is 53.9 Å². The van der Waals surface area contributed by atoms with Crippen LogP contribution in [-0.2, 0) is 10.2 Å². The van der Waals surface area contributed by atoms with E-state index in [0.29, 0.717) is 11.0 Å². The van der Waals surface area contributed by atoms with Crippen LogP contribution in [0.4, 0.5) is 0 Å². The zero-order chi connectivity index (χ0) is 17.4. The van der Waals surface area contributed by atoms with Crippen molar-refractivity contribution in [3.63, 3.8) is 0 Å². The van der Waals surface area contributed by atoms with E-state index in [0.717, 1.165) is 36.7 Å². The summed E-state index contributed by atoms with van der Waals surface area (Å²) in [5, 5.41) is 0. The van der Waals surface area contributed by atoms with Gasteiger partial charge in [0.15, 0.2) is 0 Å². The van der Waals surface area contributed by atoms with Crippen molar-refractivity contribution in [2.75, 3.05) is 33.4 Å². The van der Waals surface area contributed by atoms with Crippen molar-refractivity contribution in [1.82, 2.24) is 9.88 Å². The minimum Gasteiger partial charge on any atom is -0.383 e. The molecule has 0 unspecified atom stereocenters. The van der Waals surface area contributed by atoms with Crippen molar-refractivity contribution >= 4 is 5.91 Å². The Balaban J connectivity index is 1.52. The number of carbonyl (C=O) groups excluding carboxylic acids is 1. The number of hydrogen-bond acceptors (Lipinski definition) is 4. The molecule has 25 heavy (non-hydrogen) atoms. The summed E-state index contributed by atoms with van der Waals surface area (Å²) in [6, 6.07) is 10.5. The van der Waals surface area contributed by atoms with Gasteiger partial charge in [-0.1, -0.05) is 24.3 Å². The third kappa shape index (κ3) is 2.94. The number of hydrogen-bond donors (Lipinski definition) is 1. The van der Waals surface area contributed by atoms with Gasteiger partial charge in [-0.3, -0.25) is 14.7 Å². The lowest BCUT2D eigenvalue weighted by atomic mass is 9.93. The number of amides is 1. The summed E-state index contributed by atoms with van der Waals surface area (Å²) in [6.45, 7) is 4.11. The lowest BCUT2D eigenvalue weighted by molar-refractivity contribution is 0.1000. The predicted octanol–water partition coefficient (Wildman–Crippen LogP) is 2.07. The molecule has 1 saturated carbocycles. The van der Waals surface area contributed by atoms with E-state index in [2.05, 4.69) is 34.1 Å². The molecule has 1 aromatic heterocycles. The molecule has 0 spiro atoms. The molecule has 130 valence electrons. The van der Waals surface area contributed by atoms with Crippen LogP contribution in [0, 0.1) is 5.92 Å². The normalized spacial score (nSPS) is 24.9. The maximum Gasteiger partial charge on any atom is 0.250 e. The first-order chi connectivity index (χ1) is 12.1. The van der Waals surface area contributed by atoms with Crippen LogP contribution in [0.25, 0.3) is 11.1 Å². The fourth-order valence-corrected chi connectivity index (χ4v) is 4.15. The van der Waals surface area contributed by atoms with Crippen molar-refractivity contribution in [2.45, 2.75) is 11.8 Å². The molecule has 5 nitrogen and oxygen atoms in total. The Bertz CT molecular complexity index is 790. The Hall–Kier alpha value is -2.24. The molecule has 1 aliphatic heterocycles. The number of nitrogens with two attached hydrogens (primary N) is 1. The summed E-state index contributed by atoms with van der Waals surface area (Å²) in [5.41, 5.74) is 9.51. The van der Waals surface area contributed by atoms with E-state index in [-0.39, 0.29) is 0 Å². The highest BCUT2D eigenvalue weighted by Gasteiger charge is 2.60. The molecule has 1 saturated heterocycles. The molecule has 0 radical (unpaired) electrons. The number of piperidine rings is 1. The van der Waals surface area contributed by atoms with E-state index < -0.39 is 5.91 Å². The summed E-state index contributed by atoms with van der Waals surface area (Å²) in [6.07, 6.45) is 4.55. The largest absolute Gasteiger partial charge is 0.383 e. The smallest absolute Gasteiger partial charge is 0.250 e. The number of primary amides is 1. The average Bonchev–Trinajstić information content (AvgIpc) is 3.22. The Morgan fingerprint density at radius 2 is 2.12 bits per heavy atom. The molecule has 4 rings (SSSR count). The summed E-state index contributed by atoms with van der Waals surface area (Å²) < 4.78 is 5.20. The third-order valence-corrected chi connectivity index (χ3v) is 5.64. The Labute approximate surface area is 147 Å². The summed E-state index contributed by atoms with van der Waals surface area (Å²) >= 11 is 0. The molecule has 2 aliphatic rings. The van der Waals surface area contributed by atoms with Gasteiger partial charge < -0.3 is 10.5 Å². The van der Waals surface area contributed by atoms with E-state index >= 15 is 0 Å². The van der Waals surface area contributed by atoms with Gasteiger partial charge in [0, 0.05) is 50.1 Å². The van der Waals surface area contributed by atoms with E-state index in [1.807, 2.05) is 0 Å². The van der Waals surface area contributed by atoms with Gasteiger partial charge in [0.2, 0.25) is 5.91 Å². The number of nitrogens with zero attached hydrogens (tertiary/aromatic N) is 2. The number of ether oxygens (including phenoxy) is 1. The van der Waals surface area contributed by atoms with Gasteiger partial charge in [-0.15, -0.1) is 0 Å². The predicted molar refractivity (Wildman–Crippen MR) is 96.3 cm³/mol. The average molecular weight is 337 g/mol. The molecule has 2 aromatic rings. The minimum atomic E-state index is -0.451. The zero-order valence-corrected chi connectivity index (χ0v) is 14.4. The van der Waals surface area contributed by atoms with Crippen LogP contribution in [0.2, 0.25) is 0 Å². The first kappa shape index (κ1) is 16.2. The zero-order valence-electron chi connectivity index (χ0n) is 14.4. The van der Waals surface area contributed by atoms with Gasteiger partial charge >= 0.3 is 0 Å². The van der Waals surface area contributed by atoms with Crippen molar-refractivity contribution in [1.29, 1.82) is 0 Å². The summed E-state index contributed by atoms with van der Waals surface area (Å²) in [5.74, 6) is 0.322. The standard InChI is InChI=1S/C20H23N3O2/c1-25-7-6-23-12-18-9-20(18,13-23)17-4-2-14(3-5-17)15-8-16(19(21)24)11-22-10-15/h2-5,8,10-11,18H,6-7,9,12-13H2,1H3,(H2,21,24)/t18-,20+/m0/s1. The molecule has 2 N–H and O–H groups in total. The quantitative estimate of drug-likeness (QED) is 0.876. The number of likely N-dealkylation sites (tertiary alicyclic amines) is 1. The summed E-state index contributed by atoms with van der Waals surface area (Å²) in [7, 11) is 1.76. The van der Waals surface area contributed by atoms with Crippen molar-refractivity contribution in [3.8, 4) is 11.1 Å². The van der Waals surface area contributed by atoms with E-state index in [9.17, 15) is 4.79 Å². The molecule has 2 atom stereocenters. The van der Waals surface area contributed by atoms with Gasteiger partial charge in [0.1, 0.15) is 0 Å². The second-order valence-corrected chi connectivity index (χ2v) is 7.19. The van der Waals surface area contributed by atoms with Crippen LogP contribution in [0.1, 0.15) is 22.3 Å². The maximum atomic E-state index is 11.3. The monoisotopic (exact) mass is 337 g/mol. The lowest BCUT2D eigenvalue weighted by Gasteiger charge is -2.20. The Kier molecular flexibility index (Phi) is 4.06. The Morgan fingerprint density at radius 3 is 2.84 bits per heavy atom. The van der Waals surface area contributed by atoms with Gasteiger partial charge in [0.25, 0.3) is 0 Å². The molecule has 2 fully saturated rings.